The second kappa shape index (κ2) is 10.4. The van der Waals surface area contributed by atoms with Crippen molar-refractivity contribution in [3.05, 3.63) is 77.5 Å². The van der Waals surface area contributed by atoms with Gasteiger partial charge in [-0.05, 0) is 42.7 Å². The lowest BCUT2D eigenvalue weighted by Crippen LogP contribution is -2.54. The van der Waals surface area contributed by atoms with E-state index in [0.717, 1.165) is 21.3 Å². The number of carbonyl (C=O) groups excluding carboxylic acids is 2. The van der Waals surface area contributed by atoms with Gasteiger partial charge in [0.2, 0.25) is 5.91 Å². The van der Waals surface area contributed by atoms with Crippen molar-refractivity contribution in [2.45, 2.75) is 25.8 Å². The lowest BCUT2D eigenvalue weighted by Gasteiger charge is -2.25. The molecule has 0 saturated carbocycles. The Balaban J connectivity index is 1.55. The Morgan fingerprint density at radius 3 is 2.49 bits per heavy atom. The topological polar surface area (TPSA) is 137 Å². The number of rotatable bonds is 7. The summed E-state index contributed by atoms with van der Waals surface area (Å²) in [7, 11) is -2.96. The zero-order valence-electron chi connectivity index (χ0n) is 19.9. The molecule has 1 atom stereocenters. The van der Waals surface area contributed by atoms with Gasteiger partial charge in [-0.1, -0.05) is 6.07 Å². The molecule has 14 heteroatoms. The Bertz CT molecular complexity index is 1420. The number of likely N-dealkylation sites (N-methyl/N-ethyl adjacent to an activating group) is 1. The second-order valence-electron chi connectivity index (χ2n) is 8.31. The first-order chi connectivity index (χ1) is 17.5. The number of aryl methyl sites for hydroxylation is 1. The average Bonchev–Trinajstić information content (AvgIpc) is 3.27. The van der Waals surface area contributed by atoms with Gasteiger partial charge in [-0.2, -0.15) is 8.42 Å². The Labute approximate surface area is 211 Å². The van der Waals surface area contributed by atoms with Gasteiger partial charge in [-0.3, -0.25) is 4.79 Å². The van der Waals surface area contributed by atoms with Crippen molar-refractivity contribution in [3.8, 4) is 0 Å². The molecule has 0 aliphatic carbocycles. The number of nitrogens with one attached hydrogen (secondary N) is 2. The van der Waals surface area contributed by atoms with E-state index < -0.39 is 39.8 Å². The van der Waals surface area contributed by atoms with Crippen molar-refractivity contribution >= 4 is 33.7 Å². The molecule has 0 saturated heterocycles. The Morgan fingerprint density at radius 1 is 1.14 bits per heavy atom. The first kappa shape index (κ1) is 25.9. The molecule has 1 aliphatic heterocycles. The lowest BCUT2D eigenvalue weighted by molar-refractivity contribution is -0.120. The van der Waals surface area contributed by atoms with Gasteiger partial charge in [0, 0.05) is 32.3 Å². The quantitative estimate of drug-likeness (QED) is 0.473. The third-order valence-electron chi connectivity index (χ3n) is 5.65. The SMILES string of the molecule is Cc1ncc(N(C)C(=O)[C@H](Cc2cc(F)cc(F)c2)NC(=O)NS(=O)(=O)N2CCc3cccnc32)cn1. The summed E-state index contributed by atoms with van der Waals surface area (Å²) in [5, 5.41) is 2.32. The maximum atomic E-state index is 13.8. The lowest BCUT2D eigenvalue weighted by atomic mass is 10.0. The van der Waals surface area contributed by atoms with E-state index in [-0.39, 0.29) is 24.3 Å². The van der Waals surface area contributed by atoms with E-state index in [1.165, 1.54) is 25.6 Å². The first-order valence-corrected chi connectivity index (χ1v) is 12.5. The van der Waals surface area contributed by atoms with E-state index in [1.54, 1.807) is 19.1 Å². The van der Waals surface area contributed by atoms with Gasteiger partial charge >= 0.3 is 16.2 Å². The van der Waals surface area contributed by atoms with Crippen molar-refractivity contribution in [3.63, 3.8) is 0 Å². The number of amides is 3. The van der Waals surface area contributed by atoms with Gasteiger partial charge in [0.15, 0.2) is 0 Å². The van der Waals surface area contributed by atoms with E-state index in [4.69, 9.17) is 0 Å². The van der Waals surface area contributed by atoms with Crippen LogP contribution in [-0.4, -0.2) is 54.9 Å². The summed E-state index contributed by atoms with van der Waals surface area (Å²) in [6.07, 6.45) is 4.31. The summed E-state index contributed by atoms with van der Waals surface area (Å²) >= 11 is 0. The van der Waals surface area contributed by atoms with Crippen LogP contribution in [0.3, 0.4) is 0 Å². The number of halogens is 2. The standard InChI is InChI=1S/C23H23F2N7O4S/c1-14-27-12-19(13-28-14)31(2)22(33)20(10-15-8-17(24)11-18(25)9-15)29-23(34)30-37(35,36)32-7-5-16-4-3-6-26-21(16)32/h3-4,6,8-9,11-13,20H,5,7,10H2,1-2H3,(H2,29,30,34)/t20-/m0/s1. The molecule has 0 unspecified atom stereocenters. The van der Waals surface area contributed by atoms with Gasteiger partial charge in [-0.15, -0.1) is 0 Å². The fourth-order valence-electron chi connectivity index (χ4n) is 3.86. The van der Waals surface area contributed by atoms with Crippen LogP contribution < -0.4 is 19.2 Å². The highest BCUT2D eigenvalue weighted by Gasteiger charge is 2.33. The fraction of sp³-hybridized carbons (Fsp3) is 0.261. The van der Waals surface area contributed by atoms with Crippen molar-refractivity contribution in [2.24, 2.45) is 0 Å². The van der Waals surface area contributed by atoms with Crippen LogP contribution in [0.2, 0.25) is 0 Å². The van der Waals surface area contributed by atoms with Crippen LogP contribution in [0, 0.1) is 18.6 Å². The molecule has 3 heterocycles. The summed E-state index contributed by atoms with van der Waals surface area (Å²) in [5.41, 5.74) is 1.07. The number of anilines is 2. The maximum Gasteiger partial charge on any atom is 0.330 e. The first-order valence-electron chi connectivity index (χ1n) is 11.1. The number of nitrogens with zero attached hydrogens (tertiary/aromatic N) is 5. The number of carbonyl (C=O) groups is 2. The minimum absolute atomic E-state index is 0.0743. The molecule has 0 fully saturated rings. The van der Waals surface area contributed by atoms with Gasteiger partial charge in [0.1, 0.15) is 29.3 Å². The molecule has 3 aromatic rings. The molecule has 0 spiro atoms. The van der Waals surface area contributed by atoms with Gasteiger partial charge in [0.25, 0.3) is 0 Å². The van der Waals surface area contributed by atoms with Crippen molar-refractivity contribution < 1.29 is 26.8 Å². The highest BCUT2D eigenvalue weighted by atomic mass is 32.2. The highest BCUT2D eigenvalue weighted by molar-refractivity contribution is 7.91. The zero-order chi connectivity index (χ0) is 26.7. The van der Waals surface area contributed by atoms with E-state index in [1.807, 2.05) is 4.72 Å². The Kier molecular flexibility index (Phi) is 7.29. The molecule has 1 aliphatic rings. The summed E-state index contributed by atoms with van der Waals surface area (Å²) in [6, 6.07) is 3.51. The molecular formula is C23H23F2N7O4S. The van der Waals surface area contributed by atoms with Crippen molar-refractivity contribution in [1.29, 1.82) is 0 Å². The monoisotopic (exact) mass is 531 g/mol. The van der Waals surface area contributed by atoms with E-state index in [2.05, 4.69) is 20.3 Å². The number of aromatic nitrogens is 3. The normalized spacial score (nSPS) is 13.6. The molecular weight excluding hydrogens is 508 g/mol. The molecule has 4 rings (SSSR count). The van der Waals surface area contributed by atoms with Crippen LogP contribution in [0.25, 0.3) is 0 Å². The average molecular weight is 532 g/mol. The zero-order valence-corrected chi connectivity index (χ0v) is 20.7. The third-order valence-corrected chi connectivity index (χ3v) is 7.03. The van der Waals surface area contributed by atoms with E-state index in [0.29, 0.717) is 29.6 Å². The minimum atomic E-state index is -4.36. The van der Waals surface area contributed by atoms with Crippen LogP contribution in [-0.2, 0) is 27.8 Å². The van der Waals surface area contributed by atoms with E-state index >= 15 is 0 Å². The van der Waals surface area contributed by atoms with Gasteiger partial charge in [0.05, 0.1) is 18.1 Å². The predicted octanol–water partition coefficient (Wildman–Crippen LogP) is 1.64. The number of urea groups is 1. The molecule has 0 bridgehead atoms. The molecule has 194 valence electrons. The van der Waals surface area contributed by atoms with Crippen LogP contribution in [0.5, 0.6) is 0 Å². The second-order valence-corrected chi connectivity index (χ2v) is 9.90. The maximum absolute atomic E-state index is 13.8. The number of hydrogen-bond acceptors (Lipinski definition) is 7. The summed E-state index contributed by atoms with van der Waals surface area (Å²) in [5.74, 6) is -1.76. The number of pyridine rings is 1. The van der Waals surface area contributed by atoms with Crippen LogP contribution in [0.15, 0.2) is 48.9 Å². The predicted molar refractivity (Wildman–Crippen MR) is 130 cm³/mol. The van der Waals surface area contributed by atoms with E-state index in [9.17, 15) is 26.8 Å². The van der Waals surface area contributed by atoms with Crippen LogP contribution in [0.1, 0.15) is 17.0 Å². The molecule has 11 nitrogen and oxygen atoms in total. The van der Waals surface area contributed by atoms with Crippen LogP contribution in [0.4, 0.5) is 25.1 Å². The van der Waals surface area contributed by atoms with Gasteiger partial charge < -0.3 is 10.2 Å². The van der Waals surface area contributed by atoms with Gasteiger partial charge in [-0.25, -0.2) is 37.6 Å². The van der Waals surface area contributed by atoms with Crippen molar-refractivity contribution in [2.75, 3.05) is 22.8 Å². The molecule has 2 aromatic heterocycles. The number of benzene rings is 1. The third kappa shape index (κ3) is 5.97. The molecule has 1 aromatic carbocycles. The van der Waals surface area contributed by atoms with Crippen LogP contribution >= 0.6 is 0 Å². The Morgan fingerprint density at radius 2 is 1.81 bits per heavy atom. The minimum Gasteiger partial charge on any atom is -0.325 e. The summed E-state index contributed by atoms with van der Waals surface area (Å²) in [6.45, 7) is 1.74. The molecule has 2 N–H and O–H groups in total. The summed E-state index contributed by atoms with van der Waals surface area (Å²) in [4.78, 5) is 39.3. The Hall–Kier alpha value is -4.20. The number of hydrogen-bond donors (Lipinski definition) is 2. The summed E-state index contributed by atoms with van der Waals surface area (Å²) < 4.78 is 56.2. The van der Waals surface area contributed by atoms with Crippen molar-refractivity contribution in [1.82, 2.24) is 25.0 Å². The molecule has 0 radical (unpaired) electrons. The molecule has 37 heavy (non-hydrogen) atoms. The highest BCUT2D eigenvalue weighted by Crippen LogP contribution is 2.26. The molecule has 3 amide bonds. The smallest absolute Gasteiger partial charge is 0.325 e. The largest absolute Gasteiger partial charge is 0.330 e. The fourth-order valence-corrected chi connectivity index (χ4v) is 4.98. The number of fused-ring (bicyclic) bond motifs is 1.